The van der Waals surface area contributed by atoms with Crippen LogP contribution in [0, 0.1) is 0 Å². The van der Waals surface area contributed by atoms with Crippen molar-refractivity contribution in [1.82, 2.24) is 15.7 Å². The summed E-state index contributed by atoms with van der Waals surface area (Å²) in [4.78, 5) is 11.2. The van der Waals surface area contributed by atoms with Crippen LogP contribution in [0.1, 0.15) is 21.8 Å². The highest BCUT2D eigenvalue weighted by Crippen LogP contribution is 2.18. The van der Waals surface area contributed by atoms with Crippen molar-refractivity contribution >= 4 is 5.91 Å². The number of rotatable bonds is 4. The standard InChI is InChI=1S/C16H13N3O3/c20-15(19-21)12-8-6-11(7-9-12)10-14-17-18-16(22-14)13-4-2-1-3-5-13/h1-9,21H,10H2,(H,19,20). The molecule has 22 heavy (non-hydrogen) atoms. The van der Waals surface area contributed by atoms with E-state index < -0.39 is 5.91 Å². The Morgan fingerprint density at radius 2 is 1.77 bits per heavy atom. The van der Waals surface area contributed by atoms with Crippen molar-refractivity contribution in [2.45, 2.75) is 6.42 Å². The maximum absolute atomic E-state index is 11.2. The summed E-state index contributed by atoms with van der Waals surface area (Å²) in [6.45, 7) is 0. The Bertz CT molecular complexity index is 767. The minimum absolute atomic E-state index is 0.377. The highest BCUT2D eigenvalue weighted by Gasteiger charge is 2.09. The third kappa shape index (κ3) is 3.02. The van der Waals surface area contributed by atoms with Gasteiger partial charge in [-0.15, -0.1) is 10.2 Å². The highest BCUT2D eigenvalue weighted by molar-refractivity contribution is 5.93. The van der Waals surface area contributed by atoms with Gasteiger partial charge in [0.25, 0.3) is 5.91 Å². The minimum Gasteiger partial charge on any atom is -0.420 e. The molecule has 0 fully saturated rings. The summed E-state index contributed by atoms with van der Waals surface area (Å²) in [7, 11) is 0. The Labute approximate surface area is 126 Å². The van der Waals surface area contributed by atoms with Crippen molar-refractivity contribution in [1.29, 1.82) is 0 Å². The molecule has 0 aliphatic carbocycles. The fraction of sp³-hybridized carbons (Fsp3) is 0.0625. The monoisotopic (exact) mass is 295 g/mol. The fourth-order valence-corrected chi connectivity index (χ4v) is 2.04. The van der Waals surface area contributed by atoms with Crippen molar-refractivity contribution in [2.75, 3.05) is 0 Å². The molecule has 1 amide bonds. The van der Waals surface area contributed by atoms with Gasteiger partial charge in [-0.2, -0.15) is 0 Å². The quantitative estimate of drug-likeness (QED) is 0.570. The van der Waals surface area contributed by atoms with Gasteiger partial charge in [-0.05, 0) is 29.8 Å². The summed E-state index contributed by atoms with van der Waals surface area (Å²) in [5.41, 5.74) is 3.77. The van der Waals surface area contributed by atoms with Gasteiger partial charge < -0.3 is 4.42 Å². The van der Waals surface area contributed by atoms with Crippen LogP contribution in [0.25, 0.3) is 11.5 Å². The van der Waals surface area contributed by atoms with Crippen molar-refractivity contribution in [2.24, 2.45) is 0 Å². The molecule has 0 aliphatic rings. The molecule has 0 unspecified atom stereocenters. The summed E-state index contributed by atoms with van der Waals surface area (Å²) < 4.78 is 5.63. The molecule has 110 valence electrons. The summed E-state index contributed by atoms with van der Waals surface area (Å²) in [5.74, 6) is 0.431. The molecule has 2 aromatic carbocycles. The molecule has 3 rings (SSSR count). The normalized spacial score (nSPS) is 10.4. The third-order valence-corrected chi connectivity index (χ3v) is 3.16. The van der Waals surface area contributed by atoms with Crippen molar-refractivity contribution < 1.29 is 14.4 Å². The average molecular weight is 295 g/mol. The summed E-state index contributed by atoms with van der Waals surface area (Å²) in [6.07, 6.45) is 0.473. The lowest BCUT2D eigenvalue weighted by molar-refractivity contribution is 0.0706. The molecule has 0 aliphatic heterocycles. The first-order valence-corrected chi connectivity index (χ1v) is 6.67. The second kappa shape index (κ2) is 6.19. The zero-order valence-electron chi connectivity index (χ0n) is 11.6. The Hall–Kier alpha value is -2.99. The Kier molecular flexibility index (Phi) is 3.93. The molecule has 0 bridgehead atoms. The van der Waals surface area contributed by atoms with Crippen LogP contribution >= 0.6 is 0 Å². The first kappa shape index (κ1) is 14.0. The topological polar surface area (TPSA) is 88.2 Å². The van der Waals surface area contributed by atoms with Crippen molar-refractivity contribution in [3.05, 3.63) is 71.6 Å². The summed E-state index contributed by atoms with van der Waals surface area (Å²) >= 11 is 0. The number of hydrogen-bond acceptors (Lipinski definition) is 5. The van der Waals surface area contributed by atoms with E-state index in [9.17, 15) is 4.79 Å². The number of carbonyl (C=O) groups is 1. The lowest BCUT2D eigenvalue weighted by atomic mass is 10.1. The Balaban J connectivity index is 1.74. The van der Waals surface area contributed by atoms with Crippen molar-refractivity contribution in [3.8, 4) is 11.5 Å². The lowest BCUT2D eigenvalue weighted by Gasteiger charge is -2.00. The van der Waals surface area contributed by atoms with Crippen LogP contribution in [0.4, 0.5) is 0 Å². The van der Waals surface area contributed by atoms with Gasteiger partial charge in [0, 0.05) is 11.1 Å². The van der Waals surface area contributed by atoms with Crippen LogP contribution in [-0.4, -0.2) is 21.3 Å². The second-order valence-corrected chi connectivity index (χ2v) is 4.68. The van der Waals surface area contributed by atoms with Gasteiger partial charge >= 0.3 is 0 Å². The number of aromatic nitrogens is 2. The predicted molar refractivity (Wildman–Crippen MR) is 78.2 cm³/mol. The third-order valence-electron chi connectivity index (χ3n) is 3.16. The molecule has 0 saturated carbocycles. The number of hydrogen-bond donors (Lipinski definition) is 2. The first-order valence-electron chi connectivity index (χ1n) is 6.67. The van der Waals surface area contributed by atoms with Crippen LogP contribution < -0.4 is 5.48 Å². The minimum atomic E-state index is -0.546. The van der Waals surface area contributed by atoms with E-state index in [2.05, 4.69) is 10.2 Å². The molecule has 1 aromatic heterocycles. The van der Waals surface area contributed by atoms with Gasteiger partial charge in [0.15, 0.2) is 0 Å². The van der Waals surface area contributed by atoms with E-state index in [1.54, 1.807) is 29.7 Å². The zero-order valence-corrected chi connectivity index (χ0v) is 11.6. The second-order valence-electron chi connectivity index (χ2n) is 4.68. The van der Waals surface area contributed by atoms with Crippen LogP contribution in [0.2, 0.25) is 0 Å². The summed E-state index contributed by atoms with van der Waals surface area (Å²) in [5, 5.41) is 16.6. The van der Waals surface area contributed by atoms with Gasteiger partial charge in [0.2, 0.25) is 11.8 Å². The summed E-state index contributed by atoms with van der Waals surface area (Å²) in [6, 6.07) is 16.3. The number of nitrogens with zero attached hydrogens (tertiary/aromatic N) is 2. The van der Waals surface area contributed by atoms with Crippen molar-refractivity contribution in [3.63, 3.8) is 0 Å². The van der Waals surface area contributed by atoms with Gasteiger partial charge in [-0.1, -0.05) is 30.3 Å². The van der Waals surface area contributed by atoms with E-state index in [1.807, 2.05) is 30.3 Å². The lowest BCUT2D eigenvalue weighted by Crippen LogP contribution is -2.18. The predicted octanol–water partition coefficient (Wildman–Crippen LogP) is 2.45. The van der Waals surface area contributed by atoms with Gasteiger partial charge in [0.05, 0.1) is 6.42 Å². The molecule has 1 heterocycles. The Morgan fingerprint density at radius 3 is 2.45 bits per heavy atom. The van der Waals surface area contributed by atoms with Crippen LogP contribution in [0.3, 0.4) is 0 Å². The van der Waals surface area contributed by atoms with E-state index in [1.165, 1.54) is 0 Å². The SMILES string of the molecule is O=C(NO)c1ccc(Cc2nnc(-c3ccccc3)o2)cc1. The molecule has 0 saturated heterocycles. The molecule has 0 radical (unpaired) electrons. The van der Waals surface area contributed by atoms with E-state index in [-0.39, 0.29) is 0 Å². The van der Waals surface area contributed by atoms with Crippen LogP contribution in [-0.2, 0) is 6.42 Å². The van der Waals surface area contributed by atoms with Gasteiger partial charge in [0.1, 0.15) is 0 Å². The van der Waals surface area contributed by atoms with Gasteiger partial charge in [-0.25, -0.2) is 5.48 Å². The molecule has 0 spiro atoms. The number of carbonyl (C=O) groups excluding carboxylic acids is 1. The molecule has 0 atom stereocenters. The smallest absolute Gasteiger partial charge is 0.274 e. The molecule has 2 N–H and O–H groups in total. The van der Waals surface area contributed by atoms with Gasteiger partial charge in [-0.3, -0.25) is 10.0 Å². The zero-order chi connectivity index (χ0) is 15.4. The highest BCUT2D eigenvalue weighted by atomic mass is 16.5. The van der Waals surface area contributed by atoms with Crippen LogP contribution in [0.5, 0.6) is 0 Å². The number of amides is 1. The van der Waals surface area contributed by atoms with E-state index in [0.717, 1.165) is 11.1 Å². The first-order chi connectivity index (χ1) is 10.8. The maximum atomic E-state index is 11.2. The molecular formula is C16H13N3O3. The maximum Gasteiger partial charge on any atom is 0.274 e. The number of benzene rings is 2. The molecule has 3 aromatic rings. The van der Waals surface area contributed by atoms with E-state index in [4.69, 9.17) is 9.62 Å². The molecule has 6 nitrogen and oxygen atoms in total. The molecule has 6 heteroatoms. The number of nitrogens with one attached hydrogen (secondary N) is 1. The van der Waals surface area contributed by atoms with E-state index in [0.29, 0.717) is 23.8 Å². The molecular weight excluding hydrogens is 282 g/mol. The number of hydroxylamine groups is 1. The van der Waals surface area contributed by atoms with Crippen LogP contribution in [0.15, 0.2) is 59.0 Å². The van der Waals surface area contributed by atoms with E-state index >= 15 is 0 Å². The Morgan fingerprint density at radius 1 is 1.05 bits per heavy atom. The average Bonchev–Trinajstić information content (AvgIpc) is 3.04. The fourth-order valence-electron chi connectivity index (χ4n) is 2.04. The largest absolute Gasteiger partial charge is 0.420 e.